The van der Waals surface area contributed by atoms with Gasteiger partial charge in [-0.1, -0.05) is 23.2 Å². The molecule has 0 aliphatic carbocycles. The van der Waals surface area contributed by atoms with E-state index in [4.69, 9.17) is 28.9 Å². The predicted octanol–water partition coefficient (Wildman–Crippen LogP) is 1.32. The zero-order valence-corrected chi connectivity index (χ0v) is 8.96. The third-order valence-corrected chi connectivity index (χ3v) is 2.72. The maximum Gasteiger partial charge on any atom is 0.175 e. The van der Waals surface area contributed by atoms with Crippen LogP contribution in [0.4, 0.5) is 5.69 Å². The molecule has 2 heterocycles. The van der Waals surface area contributed by atoms with E-state index in [2.05, 4.69) is 15.1 Å². The highest BCUT2D eigenvalue weighted by Crippen LogP contribution is 2.27. The van der Waals surface area contributed by atoms with Crippen LogP contribution < -0.4 is 10.6 Å². The van der Waals surface area contributed by atoms with Crippen molar-refractivity contribution < 1.29 is 0 Å². The molecule has 1 unspecified atom stereocenters. The molecule has 4 nitrogen and oxygen atoms in total. The van der Waals surface area contributed by atoms with Crippen molar-refractivity contribution in [1.82, 2.24) is 10.2 Å². The first-order chi connectivity index (χ1) is 6.66. The molecule has 0 bridgehead atoms. The number of halogens is 2. The molecule has 1 saturated heterocycles. The number of hydrogen-bond acceptors (Lipinski definition) is 4. The standard InChI is InChI=1S/C8H10Cl2N4/c9-7-3-6(8(10)13-12-7)14-2-1-5(11)4-14/h3,5H,1-2,4,11H2. The lowest BCUT2D eigenvalue weighted by atomic mass is 10.3. The van der Waals surface area contributed by atoms with Crippen molar-refractivity contribution in [3.63, 3.8) is 0 Å². The van der Waals surface area contributed by atoms with Gasteiger partial charge in [0.1, 0.15) is 0 Å². The number of nitrogens with zero attached hydrogens (tertiary/aromatic N) is 3. The first kappa shape index (κ1) is 9.96. The van der Waals surface area contributed by atoms with E-state index in [9.17, 15) is 0 Å². The minimum Gasteiger partial charge on any atom is -0.367 e. The summed E-state index contributed by atoms with van der Waals surface area (Å²) >= 11 is 11.7. The molecular weight excluding hydrogens is 223 g/mol. The van der Waals surface area contributed by atoms with Gasteiger partial charge in [-0.15, -0.1) is 10.2 Å². The molecule has 1 fully saturated rings. The largest absolute Gasteiger partial charge is 0.367 e. The molecule has 1 aliphatic heterocycles. The van der Waals surface area contributed by atoms with E-state index in [0.717, 1.165) is 25.2 Å². The number of hydrogen-bond donors (Lipinski definition) is 1. The van der Waals surface area contributed by atoms with Crippen LogP contribution in [-0.4, -0.2) is 29.3 Å². The number of nitrogens with two attached hydrogens (primary N) is 1. The molecule has 0 saturated carbocycles. The van der Waals surface area contributed by atoms with Crippen molar-refractivity contribution in [3.05, 3.63) is 16.4 Å². The van der Waals surface area contributed by atoms with Gasteiger partial charge in [0.2, 0.25) is 0 Å². The van der Waals surface area contributed by atoms with Crippen LogP contribution >= 0.6 is 23.2 Å². The zero-order valence-electron chi connectivity index (χ0n) is 7.45. The Labute approximate surface area is 92.0 Å². The summed E-state index contributed by atoms with van der Waals surface area (Å²) in [6.07, 6.45) is 0.969. The monoisotopic (exact) mass is 232 g/mol. The van der Waals surface area contributed by atoms with Crippen molar-refractivity contribution in [2.45, 2.75) is 12.5 Å². The van der Waals surface area contributed by atoms with E-state index < -0.39 is 0 Å². The van der Waals surface area contributed by atoms with Gasteiger partial charge in [-0.25, -0.2) is 0 Å². The molecule has 1 atom stereocenters. The third-order valence-electron chi connectivity index (χ3n) is 2.27. The van der Waals surface area contributed by atoms with Gasteiger partial charge in [0.25, 0.3) is 0 Å². The van der Waals surface area contributed by atoms with Gasteiger partial charge >= 0.3 is 0 Å². The Morgan fingerprint density at radius 2 is 2.21 bits per heavy atom. The van der Waals surface area contributed by atoms with E-state index in [1.54, 1.807) is 6.07 Å². The lowest BCUT2D eigenvalue weighted by molar-refractivity contribution is 0.752. The van der Waals surface area contributed by atoms with Gasteiger partial charge in [-0.3, -0.25) is 0 Å². The number of rotatable bonds is 1. The van der Waals surface area contributed by atoms with Gasteiger partial charge in [-0.05, 0) is 6.42 Å². The first-order valence-electron chi connectivity index (χ1n) is 4.36. The van der Waals surface area contributed by atoms with Crippen LogP contribution in [0.5, 0.6) is 0 Å². The smallest absolute Gasteiger partial charge is 0.175 e. The molecule has 2 rings (SSSR count). The number of anilines is 1. The fourth-order valence-corrected chi connectivity index (χ4v) is 1.93. The SMILES string of the molecule is NC1CCN(c2cc(Cl)nnc2Cl)C1. The Hall–Kier alpha value is -0.580. The van der Waals surface area contributed by atoms with E-state index in [0.29, 0.717) is 10.3 Å². The first-order valence-corrected chi connectivity index (χ1v) is 5.11. The summed E-state index contributed by atoms with van der Waals surface area (Å²) in [4.78, 5) is 2.08. The van der Waals surface area contributed by atoms with Crippen LogP contribution in [0.15, 0.2) is 6.07 Å². The van der Waals surface area contributed by atoms with E-state index >= 15 is 0 Å². The summed E-state index contributed by atoms with van der Waals surface area (Å²) < 4.78 is 0. The molecule has 6 heteroatoms. The topological polar surface area (TPSA) is 55.0 Å². The van der Waals surface area contributed by atoms with E-state index in [-0.39, 0.29) is 6.04 Å². The normalized spacial score (nSPS) is 21.6. The highest BCUT2D eigenvalue weighted by atomic mass is 35.5. The van der Waals surface area contributed by atoms with Crippen LogP contribution in [0.3, 0.4) is 0 Å². The van der Waals surface area contributed by atoms with Gasteiger partial charge in [0.05, 0.1) is 5.69 Å². The minimum atomic E-state index is 0.206. The summed E-state index contributed by atoms with van der Waals surface area (Å²) in [5.41, 5.74) is 6.62. The minimum absolute atomic E-state index is 0.206. The van der Waals surface area contributed by atoms with E-state index in [1.165, 1.54) is 0 Å². The van der Waals surface area contributed by atoms with Crippen molar-refractivity contribution in [2.24, 2.45) is 5.73 Å². The van der Waals surface area contributed by atoms with Gasteiger partial charge < -0.3 is 10.6 Å². The lowest BCUT2D eigenvalue weighted by Gasteiger charge is -2.18. The molecule has 0 radical (unpaired) electrons. The molecule has 0 spiro atoms. The highest BCUT2D eigenvalue weighted by Gasteiger charge is 2.22. The highest BCUT2D eigenvalue weighted by molar-refractivity contribution is 6.33. The van der Waals surface area contributed by atoms with Crippen molar-refractivity contribution in [2.75, 3.05) is 18.0 Å². The Morgan fingerprint density at radius 1 is 1.43 bits per heavy atom. The fraction of sp³-hybridized carbons (Fsp3) is 0.500. The molecule has 0 aromatic carbocycles. The Bertz CT molecular complexity index is 344. The quantitative estimate of drug-likeness (QED) is 0.794. The molecular formula is C8H10Cl2N4. The second kappa shape index (κ2) is 3.88. The van der Waals surface area contributed by atoms with Crippen LogP contribution in [-0.2, 0) is 0 Å². The second-order valence-electron chi connectivity index (χ2n) is 3.34. The second-order valence-corrected chi connectivity index (χ2v) is 4.08. The summed E-state index contributed by atoms with van der Waals surface area (Å²) in [5.74, 6) is 0. The summed E-state index contributed by atoms with van der Waals surface area (Å²) in [7, 11) is 0. The molecule has 1 aliphatic rings. The summed E-state index contributed by atoms with van der Waals surface area (Å²) in [5, 5.41) is 8.13. The van der Waals surface area contributed by atoms with Crippen molar-refractivity contribution >= 4 is 28.9 Å². The van der Waals surface area contributed by atoms with Crippen LogP contribution in [0.1, 0.15) is 6.42 Å². The van der Waals surface area contributed by atoms with Crippen molar-refractivity contribution in [1.29, 1.82) is 0 Å². The van der Waals surface area contributed by atoms with Crippen molar-refractivity contribution in [3.8, 4) is 0 Å². The maximum absolute atomic E-state index is 5.91. The molecule has 14 heavy (non-hydrogen) atoms. The molecule has 1 aromatic heterocycles. The molecule has 76 valence electrons. The third kappa shape index (κ3) is 1.92. The summed E-state index contributed by atoms with van der Waals surface area (Å²) in [6.45, 7) is 1.69. The van der Waals surface area contributed by atoms with Crippen LogP contribution in [0.2, 0.25) is 10.3 Å². The molecule has 1 aromatic rings. The maximum atomic E-state index is 5.91. The lowest BCUT2D eigenvalue weighted by Crippen LogP contribution is -2.26. The van der Waals surface area contributed by atoms with Crippen LogP contribution in [0.25, 0.3) is 0 Å². The Kier molecular flexibility index (Phi) is 2.76. The van der Waals surface area contributed by atoms with E-state index in [1.807, 2.05) is 0 Å². The zero-order chi connectivity index (χ0) is 10.1. The van der Waals surface area contributed by atoms with Gasteiger partial charge in [-0.2, -0.15) is 0 Å². The molecule has 0 amide bonds. The predicted molar refractivity (Wildman–Crippen MR) is 56.9 cm³/mol. The average molecular weight is 233 g/mol. The summed E-state index contributed by atoms with van der Waals surface area (Å²) in [6, 6.07) is 1.92. The molecule has 2 N–H and O–H groups in total. The van der Waals surface area contributed by atoms with Gasteiger partial charge in [0.15, 0.2) is 10.3 Å². The van der Waals surface area contributed by atoms with Crippen LogP contribution in [0, 0.1) is 0 Å². The average Bonchev–Trinajstić information content (AvgIpc) is 2.56. The number of aromatic nitrogens is 2. The van der Waals surface area contributed by atoms with Gasteiger partial charge in [0, 0.05) is 25.2 Å². The Morgan fingerprint density at radius 3 is 2.86 bits per heavy atom. The fourth-order valence-electron chi connectivity index (χ4n) is 1.57. The Balaban J connectivity index is 2.27.